The minimum atomic E-state index is -0.454. The molecule has 0 aliphatic heterocycles. The second kappa shape index (κ2) is 8.00. The first-order valence-corrected chi connectivity index (χ1v) is 8.08. The van der Waals surface area contributed by atoms with Crippen LogP contribution in [0.2, 0.25) is 0 Å². The smallest absolute Gasteiger partial charge is 0.278 e. The molecule has 0 spiro atoms. The van der Waals surface area contributed by atoms with Gasteiger partial charge in [-0.15, -0.1) is 0 Å². The number of amides is 1. The largest absolute Gasteiger partial charge is 0.480 e. The van der Waals surface area contributed by atoms with Crippen molar-refractivity contribution in [3.63, 3.8) is 0 Å². The number of anilines is 4. The first-order chi connectivity index (χ1) is 13.1. The van der Waals surface area contributed by atoms with Crippen molar-refractivity contribution in [2.24, 2.45) is 0 Å². The lowest BCUT2D eigenvalue weighted by Gasteiger charge is -2.11. The van der Waals surface area contributed by atoms with Gasteiger partial charge < -0.3 is 26.8 Å². The van der Waals surface area contributed by atoms with Gasteiger partial charge in [-0.05, 0) is 29.8 Å². The summed E-state index contributed by atoms with van der Waals surface area (Å²) in [6.45, 7) is 0.518. The average molecular weight is 365 g/mol. The molecule has 27 heavy (non-hydrogen) atoms. The molecule has 0 unspecified atom stereocenters. The molecule has 138 valence electrons. The van der Waals surface area contributed by atoms with Crippen LogP contribution in [0.4, 0.5) is 23.0 Å². The van der Waals surface area contributed by atoms with E-state index in [0.29, 0.717) is 18.1 Å². The number of nitrogen functional groups attached to an aromatic ring is 2. The summed E-state index contributed by atoms with van der Waals surface area (Å²) in [6, 6.07) is 11.0. The minimum Gasteiger partial charge on any atom is -0.480 e. The van der Waals surface area contributed by atoms with Crippen molar-refractivity contribution in [3.05, 3.63) is 60.0 Å². The van der Waals surface area contributed by atoms with E-state index in [4.69, 9.17) is 16.2 Å². The van der Waals surface area contributed by atoms with Gasteiger partial charge in [0.05, 0.1) is 19.0 Å². The fourth-order valence-electron chi connectivity index (χ4n) is 2.37. The van der Waals surface area contributed by atoms with Crippen molar-refractivity contribution in [1.29, 1.82) is 0 Å². The number of benzene rings is 1. The number of nitrogens with zero attached hydrogens (tertiary/aromatic N) is 3. The molecule has 2 heterocycles. The van der Waals surface area contributed by atoms with Crippen LogP contribution in [-0.4, -0.2) is 28.0 Å². The molecule has 0 atom stereocenters. The standard InChI is InChI=1S/C18H19N7O2/c1-27-14-10-23-15(17(20)25-14)18(26)24-12-5-2-4-11(8-12)9-22-13-6-3-7-21-16(13)19/h2-8,10,22H,9H2,1H3,(H2,19,21)(H2,20,25)(H,24,26). The highest BCUT2D eigenvalue weighted by Crippen LogP contribution is 2.18. The zero-order valence-corrected chi connectivity index (χ0v) is 14.6. The Morgan fingerprint density at radius 2 is 2.00 bits per heavy atom. The third-order valence-corrected chi connectivity index (χ3v) is 3.71. The summed E-state index contributed by atoms with van der Waals surface area (Å²) < 4.78 is 4.93. The highest BCUT2D eigenvalue weighted by atomic mass is 16.5. The lowest BCUT2D eigenvalue weighted by atomic mass is 10.2. The van der Waals surface area contributed by atoms with E-state index in [1.54, 1.807) is 18.3 Å². The van der Waals surface area contributed by atoms with E-state index in [0.717, 1.165) is 11.3 Å². The van der Waals surface area contributed by atoms with Crippen LogP contribution in [0.5, 0.6) is 5.88 Å². The van der Waals surface area contributed by atoms with Gasteiger partial charge >= 0.3 is 0 Å². The van der Waals surface area contributed by atoms with E-state index in [2.05, 4.69) is 25.6 Å². The molecule has 0 radical (unpaired) electrons. The molecular weight excluding hydrogens is 346 g/mol. The Hall–Kier alpha value is -3.88. The van der Waals surface area contributed by atoms with Gasteiger partial charge in [-0.25, -0.2) is 9.97 Å². The second-order valence-electron chi connectivity index (χ2n) is 5.59. The zero-order valence-electron chi connectivity index (χ0n) is 14.6. The molecule has 1 aromatic carbocycles. The highest BCUT2D eigenvalue weighted by Gasteiger charge is 2.14. The molecule has 0 saturated heterocycles. The summed E-state index contributed by atoms with van der Waals surface area (Å²) >= 11 is 0. The van der Waals surface area contributed by atoms with Crippen molar-refractivity contribution in [2.75, 3.05) is 29.2 Å². The third kappa shape index (κ3) is 4.40. The summed E-state index contributed by atoms with van der Waals surface area (Å²) in [7, 11) is 1.45. The van der Waals surface area contributed by atoms with Gasteiger partial charge in [0.25, 0.3) is 5.91 Å². The Labute approximate surface area is 155 Å². The van der Waals surface area contributed by atoms with Gasteiger partial charge in [0, 0.05) is 18.4 Å². The van der Waals surface area contributed by atoms with E-state index >= 15 is 0 Å². The minimum absolute atomic E-state index is 0.00303. The topological polar surface area (TPSA) is 141 Å². The number of carbonyl (C=O) groups excluding carboxylic acids is 1. The number of carbonyl (C=O) groups is 1. The maximum absolute atomic E-state index is 12.4. The monoisotopic (exact) mass is 365 g/mol. The van der Waals surface area contributed by atoms with Gasteiger partial charge in [-0.2, -0.15) is 4.98 Å². The van der Waals surface area contributed by atoms with Crippen molar-refractivity contribution >= 4 is 28.9 Å². The average Bonchev–Trinajstić information content (AvgIpc) is 2.67. The van der Waals surface area contributed by atoms with Gasteiger partial charge in [0.2, 0.25) is 5.88 Å². The van der Waals surface area contributed by atoms with Crippen molar-refractivity contribution in [2.45, 2.75) is 6.54 Å². The molecule has 1 amide bonds. The fourth-order valence-corrected chi connectivity index (χ4v) is 2.37. The third-order valence-electron chi connectivity index (χ3n) is 3.71. The summed E-state index contributed by atoms with van der Waals surface area (Å²) in [4.78, 5) is 24.4. The molecule has 6 N–H and O–H groups in total. The van der Waals surface area contributed by atoms with Gasteiger partial charge in [-0.1, -0.05) is 12.1 Å². The lowest BCUT2D eigenvalue weighted by molar-refractivity contribution is 0.102. The van der Waals surface area contributed by atoms with Gasteiger partial charge in [0.1, 0.15) is 5.82 Å². The van der Waals surface area contributed by atoms with Crippen molar-refractivity contribution in [1.82, 2.24) is 15.0 Å². The molecule has 0 saturated carbocycles. The van der Waals surface area contributed by atoms with Crippen LogP contribution in [0.3, 0.4) is 0 Å². The quantitative estimate of drug-likeness (QED) is 0.519. The fraction of sp³-hybridized carbons (Fsp3) is 0.111. The predicted octanol–water partition coefficient (Wildman–Crippen LogP) is 1.91. The van der Waals surface area contributed by atoms with E-state index in [9.17, 15) is 4.79 Å². The molecule has 9 heteroatoms. The predicted molar refractivity (Wildman–Crippen MR) is 103 cm³/mol. The molecule has 2 aromatic heterocycles. The second-order valence-corrected chi connectivity index (χ2v) is 5.59. The van der Waals surface area contributed by atoms with E-state index < -0.39 is 5.91 Å². The van der Waals surface area contributed by atoms with Crippen LogP contribution in [0, 0.1) is 0 Å². The molecule has 0 fully saturated rings. The van der Waals surface area contributed by atoms with E-state index in [1.165, 1.54) is 13.3 Å². The number of nitrogens with two attached hydrogens (primary N) is 2. The summed E-state index contributed by atoms with van der Waals surface area (Å²) in [6.07, 6.45) is 2.97. The number of hydrogen-bond donors (Lipinski definition) is 4. The maximum atomic E-state index is 12.4. The Morgan fingerprint density at radius 1 is 1.15 bits per heavy atom. The molecule has 3 rings (SSSR count). The normalized spacial score (nSPS) is 10.3. The molecular formula is C18H19N7O2. The Balaban J connectivity index is 1.68. The number of aromatic nitrogens is 3. The Morgan fingerprint density at radius 3 is 2.74 bits per heavy atom. The SMILES string of the molecule is COc1cnc(C(=O)Nc2cccc(CNc3cccnc3N)c2)c(N)n1. The van der Waals surface area contributed by atoms with Crippen LogP contribution in [0.25, 0.3) is 0 Å². The highest BCUT2D eigenvalue weighted by molar-refractivity contribution is 6.05. The first kappa shape index (κ1) is 17.9. The number of methoxy groups -OCH3 is 1. The summed E-state index contributed by atoms with van der Waals surface area (Å²) in [5, 5.41) is 5.97. The van der Waals surface area contributed by atoms with Crippen LogP contribution in [0.15, 0.2) is 48.8 Å². The molecule has 9 nitrogen and oxygen atoms in total. The first-order valence-electron chi connectivity index (χ1n) is 8.08. The summed E-state index contributed by atoms with van der Waals surface area (Å²) in [5.41, 5.74) is 13.9. The van der Waals surface area contributed by atoms with Crippen molar-refractivity contribution < 1.29 is 9.53 Å². The number of hydrogen-bond acceptors (Lipinski definition) is 8. The Bertz CT molecular complexity index is 962. The van der Waals surface area contributed by atoms with Gasteiger partial charge in [-0.3, -0.25) is 4.79 Å². The lowest BCUT2D eigenvalue weighted by Crippen LogP contribution is -2.17. The number of nitrogens with one attached hydrogen (secondary N) is 2. The van der Waals surface area contributed by atoms with Crippen LogP contribution >= 0.6 is 0 Å². The molecule has 3 aromatic rings. The van der Waals surface area contributed by atoms with Crippen molar-refractivity contribution in [3.8, 4) is 5.88 Å². The van der Waals surface area contributed by atoms with E-state index in [-0.39, 0.29) is 17.4 Å². The van der Waals surface area contributed by atoms with Crippen LogP contribution < -0.4 is 26.8 Å². The van der Waals surface area contributed by atoms with Gasteiger partial charge in [0.15, 0.2) is 11.5 Å². The summed E-state index contributed by atoms with van der Waals surface area (Å²) in [5.74, 6) is 0.211. The molecule has 0 aliphatic carbocycles. The molecule has 0 aliphatic rings. The zero-order chi connectivity index (χ0) is 19.2. The number of pyridine rings is 1. The number of rotatable bonds is 6. The van der Waals surface area contributed by atoms with Crippen LogP contribution in [-0.2, 0) is 6.54 Å². The van der Waals surface area contributed by atoms with E-state index in [1.807, 2.05) is 24.3 Å². The number of ether oxygens (including phenoxy) is 1. The van der Waals surface area contributed by atoms with Crippen LogP contribution in [0.1, 0.15) is 16.1 Å². The Kier molecular flexibility index (Phi) is 5.31. The molecule has 0 bridgehead atoms. The maximum Gasteiger partial charge on any atom is 0.278 e.